The van der Waals surface area contributed by atoms with E-state index in [-0.39, 0.29) is 5.92 Å². The molecule has 5 nitrogen and oxygen atoms in total. The summed E-state index contributed by atoms with van der Waals surface area (Å²) in [5.74, 6) is 0.953. The first kappa shape index (κ1) is 10.4. The predicted molar refractivity (Wildman–Crippen MR) is 55.7 cm³/mol. The van der Waals surface area contributed by atoms with Crippen LogP contribution in [-0.2, 0) is 0 Å². The number of anilines is 1. The Balaban J connectivity index is 1.88. The van der Waals surface area contributed by atoms with Gasteiger partial charge >= 0.3 is 6.01 Å². The Morgan fingerprint density at radius 2 is 2.27 bits per heavy atom. The summed E-state index contributed by atoms with van der Waals surface area (Å²) >= 11 is 0. The molecule has 0 atom stereocenters. The van der Waals surface area contributed by atoms with Crippen molar-refractivity contribution in [2.45, 2.75) is 44.6 Å². The Bertz CT molecular complexity index is 331. The molecule has 1 aliphatic rings. The molecule has 0 saturated heterocycles. The molecule has 1 aromatic heterocycles. The maximum absolute atomic E-state index is 9.83. The van der Waals surface area contributed by atoms with E-state index in [1.807, 2.05) is 13.8 Å². The van der Waals surface area contributed by atoms with Gasteiger partial charge in [-0.3, -0.25) is 0 Å². The summed E-state index contributed by atoms with van der Waals surface area (Å²) in [4.78, 5) is 4.17. The lowest BCUT2D eigenvalue weighted by Gasteiger charge is -2.36. The van der Waals surface area contributed by atoms with Gasteiger partial charge in [0.1, 0.15) is 0 Å². The highest BCUT2D eigenvalue weighted by atomic mass is 16.5. The van der Waals surface area contributed by atoms with Crippen LogP contribution in [-0.4, -0.2) is 27.4 Å². The first-order valence-corrected chi connectivity index (χ1v) is 5.39. The van der Waals surface area contributed by atoms with Gasteiger partial charge < -0.3 is 14.9 Å². The highest BCUT2D eigenvalue weighted by molar-refractivity contribution is 5.20. The normalized spacial score (nSPS) is 18.9. The molecular formula is C10H17N3O2. The Morgan fingerprint density at radius 3 is 2.73 bits per heavy atom. The van der Waals surface area contributed by atoms with E-state index in [0.29, 0.717) is 18.4 Å². The van der Waals surface area contributed by atoms with E-state index in [9.17, 15) is 5.11 Å². The fraction of sp³-hybridized carbons (Fsp3) is 0.800. The minimum Gasteiger partial charge on any atom is -0.388 e. The van der Waals surface area contributed by atoms with Gasteiger partial charge in [0.25, 0.3) is 0 Å². The summed E-state index contributed by atoms with van der Waals surface area (Å²) in [7, 11) is 0. The third-order valence-electron chi connectivity index (χ3n) is 2.81. The van der Waals surface area contributed by atoms with Gasteiger partial charge in [-0.1, -0.05) is 19.0 Å². The molecule has 0 radical (unpaired) electrons. The van der Waals surface area contributed by atoms with E-state index in [1.54, 1.807) is 0 Å². The highest BCUT2D eigenvalue weighted by Crippen LogP contribution is 2.31. The second kappa shape index (κ2) is 3.81. The van der Waals surface area contributed by atoms with Gasteiger partial charge in [0.15, 0.2) is 5.82 Å². The van der Waals surface area contributed by atoms with Crippen molar-refractivity contribution in [2.24, 2.45) is 0 Å². The van der Waals surface area contributed by atoms with E-state index < -0.39 is 5.60 Å². The molecule has 1 aliphatic carbocycles. The van der Waals surface area contributed by atoms with Crippen LogP contribution < -0.4 is 5.32 Å². The third kappa shape index (κ3) is 2.28. The maximum atomic E-state index is 9.83. The standard InChI is InChI=1S/C10H17N3O2/c1-7(2)8-12-9(15-13-8)11-6-10(14)4-3-5-10/h7,14H,3-6H2,1-2H3,(H,11,12,13). The zero-order valence-electron chi connectivity index (χ0n) is 9.16. The molecule has 15 heavy (non-hydrogen) atoms. The number of rotatable bonds is 4. The molecule has 0 aliphatic heterocycles. The molecule has 1 heterocycles. The summed E-state index contributed by atoms with van der Waals surface area (Å²) in [6, 6.07) is 0.402. The summed E-state index contributed by atoms with van der Waals surface area (Å²) in [6.45, 7) is 4.51. The van der Waals surface area contributed by atoms with Crippen LogP contribution >= 0.6 is 0 Å². The van der Waals surface area contributed by atoms with Gasteiger partial charge in [-0.2, -0.15) is 4.98 Å². The first-order valence-electron chi connectivity index (χ1n) is 5.39. The lowest BCUT2D eigenvalue weighted by Crippen LogP contribution is -2.43. The van der Waals surface area contributed by atoms with Crippen molar-refractivity contribution in [2.75, 3.05) is 11.9 Å². The smallest absolute Gasteiger partial charge is 0.321 e. The predicted octanol–water partition coefficient (Wildman–Crippen LogP) is 1.52. The van der Waals surface area contributed by atoms with E-state index in [0.717, 1.165) is 19.3 Å². The van der Waals surface area contributed by atoms with Gasteiger partial charge in [-0.25, -0.2) is 0 Å². The summed E-state index contributed by atoms with van der Waals surface area (Å²) in [5.41, 5.74) is -0.563. The quantitative estimate of drug-likeness (QED) is 0.790. The minimum absolute atomic E-state index is 0.260. The van der Waals surface area contributed by atoms with Crippen molar-refractivity contribution in [3.05, 3.63) is 5.82 Å². The lowest BCUT2D eigenvalue weighted by atomic mass is 9.80. The highest BCUT2D eigenvalue weighted by Gasteiger charge is 2.34. The van der Waals surface area contributed by atoms with Crippen molar-refractivity contribution < 1.29 is 9.63 Å². The van der Waals surface area contributed by atoms with Gasteiger partial charge in [-0.05, 0) is 19.3 Å². The van der Waals surface area contributed by atoms with Crippen LogP contribution in [0, 0.1) is 0 Å². The third-order valence-corrected chi connectivity index (χ3v) is 2.81. The largest absolute Gasteiger partial charge is 0.388 e. The summed E-state index contributed by atoms with van der Waals surface area (Å²) in [6.07, 6.45) is 2.80. The molecule has 0 aromatic carbocycles. The van der Waals surface area contributed by atoms with Crippen LogP contribution in [0.2, 0.25) is 0 Å². The van der Waals surface area contributed by atoms with E-state index in [2.05, 4.69) is 15.5 Å². The van der Waals surface area contributed by atoms with Crippen LogP contribution in [0.25, 0.3) is 0 Å². The number of aromatic nitrogens is 2. The number of nitrogens with one attached hydrogen (secondary N) is 1. The van der Waals surface area contributed by atoms with Crippen molar-refractivity contribution in [3.63, 3.8) is 0 Å². The zero-order valence-corrected chi connectivity index (χ0v) is 9.16. The molecule has 0 bridgehead atoms. The molecule has 0 amide bonds. The van der Waals surface area contributed by atoms with Gasteiger partial charge in [0, 0.05) is 12.5 Å². The second-order valence-electron chi connectivity index (χ2n) is 4.54. The Hall–Kier alpha value is -1.10. The number of hydrogen-bond acceptors (Lipinski definition) is 5. The van der Waals surface area contributed by atoms with E-state index in [1.165, 1.54) is 0 Å². The minimum atomic E-state index is -0.563. The molecule has 5 heteroatoms. The van der Waals surface area contributed by atoms with Crippen LogP contribution in [0.15, 0.2) is 4.52 Å². The molecule has 2 rings (SSSR count). The van der Waals surface area contributed by atoms with Gasteiger partial charge in [-0.15, -0.1) is 0 Å². The van der Waals surface area contributed by atoms with Crippen LogP contribution in [0.3, 0.4) is 0 Å². The Morgan fingerprint density at radius 1 is 1.53 bits per heavy atom. The van der Waals surface area contributed by atoms with Crippen molar-refractivity contribution in [1.29, 1.82) is 0 Å². The average Bonchev–Trinajstić information content (AvgIpc) is 2.60. The van der Waals surface area contributed by atoms with Crippen LogP contribution in [0.1, 0.15) is 44.9 Å². The average molecular weight is 211 g/mol. The van der Waals surface area contributed by atoms with Crippen molar-refractivity contribution in [1.82, 2.24) is 10.1 Å². The van der Waals surface area contributed by atoms with Crippen molar-refractivity contribution >= 4 is 6.01 Å². The van der Waals surface area contributed by atoms with Crippen molar-refractivity contribution in [3.8, 4) is 0 Å². The number of nitrogens with zero attached hydrogens (tertiary/aromatic N) is 2. The SMILES string of the molecule is CC(C)c1noc(NCC2(O)CCC2)n1. The Labute approximate surface area is 88.9 Å². The van der Waals surface area contributed by atoms with Crippen LogP contribution in [0.5, 0.6) is 0 Å². The molecule has 1 saturated carbocycles. The molecule has 84 valence electrons. The van der Waals surface area contributed by atoms with E-state index in [4.69, 9.17) is 4.52 Å². The van der Waals surface area contributed by atoms with Crippen LogP contribution in [0.4, 0.5) is 6.01 Å². The molecule has 0 unspecified atom stereocenters. The molecule has 2 N–H and O–H groups in total. The summed E-state index contributed by atoms with van der Waals surface area (Å²) in [5, 5.41) is 16.6. The second-order valence-corrected chi connectivity index (χ2v) is 4.54. The molecule has 1 fully saturated rings. The maximum Gasteiger partial charge on any atom is 0.321 e. The number of aliphatic hydroxyl groups is 1. The lowest BCUT2D eigenvalue weighted by molar-refractivity contribution is -0.0206. The van der Waals surface area contributed by atoms with E-state index >= 15 is 0 Å². The van der Waals surface area contributed by atoms with Gasteiger partial charge in [0.05, 0.1) is 5.60 Å². The number of hydrogen-bond donors (Lipinski definition) is 2. The topological polar surface area (TPSA) is 71.2 Å². The Kier molecular flexibility index (Phi) is 2.65. The molecular weight excluding hydrogens is 194 g/mol. The zero-order chi connectivity index (χ0) is 10.9. The fourth-order valence-electron chi connectivity index (χ4n) is 1.54. The molecule has 1 aromatic rings. The summed E-state index contributed by atoms with van der Waals surface area (Å²) < 4.78 is 5.01. The molecule has 0 spiro atoms. The first-order chi connectivity index (χ1) is 7.09. The van der Waals surface area contributed by atoms with Gasteiger partial charge in [0.2, 0.25) is 0 Å². The fourth-order valence-corrected chi connectivity index (χ4v) is 1.54. The monoisotopic (exact) mass is 211 g/mol.